The van der Waals surface area contributed by atoms with Gasteiger partial charge in [-0.3, -0.25) is 0 Å². The maximum absolute atomic E-state index is 5.23. The highest BCUT2D eigenvalue weighted by Gasteiger charge is 2.19. The minimum absolute atomic E-state index is 0.642. The quantitative estimate of drug-likeness (QED) is 0.178. The second-order valence-electron chi connectivity index (χ2n) is 13.1. The number of nitrogens with zero attached hydrogens (tertiary/aromatic N) is 5. The number of thiazole rings is 1. The van der Waals surface area contributed by atoms with Gasteiger partial charge in [0, 0.05) is 58.9 Å². The molecule has 0 amide bonds. The second kappa shape index (κ2) is 12.0. The highest BCUT2D eigenvalue weighted by molar-refractivity contribution is 7.26. The maximum Gasteiger partial charge on any atom is 0.165 e. The minimum Gasteiger partial charge on any atom is -0.309 e. The standard InChI is InChI=1S/C46H27N5S2/c1-3-12-28(13-4-1)43-48-44(29-22-24-39-35(26-29)32-16-7-9-20-38(32)51(39)31-14-5-2-6-15-31)50-45(49-43)34-18-11-17-33-36-27-30(23-25-40(36)52-42(33)34)46-47-37-19-8-10-21-41(37)53-46/h1-27H. The van der Waals surface area contributed by atoms with Crippen LogP contribution in [0.3, 0.4) is 0 Å². The van der Waals surface area contributed by atoms with Gasteiger partial charge in [0.1, 0.15) is 5.01 Å². The van der Waals surface area contributed by atoms with Crippen molar-refractivity contribution in [3.05, 3.63) is 164 Å². The van der Waals surface area contributed by atoms with E-state index in [1.165, 1.54) is 25.6 Å². The Labute approximate surface area is 312 Å². The van der Waals surface area contributed by atoms with E-state index in [-0.39, 0.29) is 0 Å². The van der Waals surface area contributed by atoms with E-state index >= 15 is 0 Å². The van der Waals surface area contributed by atoms with Crippen LogP contribution in [0.25, 0.3) is 103 Å². The number of benzene rings is 7. The third-order valence-corrected chi connectivity index (χ3v) is 12.2. The lowest BCUT2D eigenvalue weighted by Gasteiger charge is -2.10. The van der Waals surface area contributed by atoms with Crippen molar-refractivity contribution in [3.8, 4) is 50.4 Å². The van der Waals surface area contributed by atoms with Crippen molar-refractivity contribution in [2.45, 2.75) is 0 Å². The van der Waals surface area contributed by atoms with Crippen LogP contribution in [0.1, 0.15) is 0 Å². The van der Waals surface area contributed by atoms with Crippen LogP contribution in [-0.2, 0) is 0 Å². The fourth-order valence-corrected chi connectivity index (χ4v) is 9.57. The lowest BCUT2D eigenvalue weighted by atomic mass is 10.1. The van der Waals surface area contributed by atoms with E-state index in [2.05, 4.69) is 144 Å². The zero-order valence-electron chi connectivity index (χ0n) is 28.1. The molecule has 11 aromatic rings. The smallest absolute Gasteiger partial charge is 0.165 e. The van der Waals surface area contributed by atoms with Crippen molar-refractivity contribution in [2.75, 3.05) is 0 Å². The predicted octanol–water partition coefficient (Wildman–Crippen LogP) is 12.6. The Kier molecular flexibility index (Phi) is 6.83. The number of hydrogen-bond acceptors (Lipinski definition) is 6. The van der Waals surface area contributed by atoms with Crippen LogP contribution in [0, 0.1) is 0 Å². The monoisotopic (exact) mass is 713 g/mol. The molecule has 7 heteroatoms. The first-order valence-electron chi connectivity index (χ1n) is 17.5. The maximum atomic E-state index is 5.23. The average Bonchev–Trinajstić information content (AvgIpc) is 3.93. The Bertz CT molecular complexity index is 3150. The topological polar surface area (TPSA) is 56.5 Å². The van der Waals surface area contributed by atoms with Gasteiger partial charge >= 0.3 is 0 Å². The molecule has 0 aliphatic rings. The normalized spacial score (nSPS) is 11.8. The van der Waals surface area contributed by atoms with E-state index in [1.54, 1.807) is 22.7 Å². The van der Waals surface area contributed by atoms with Gasteiger partial charge in [-0.05, 0) is 66.7 Å². The van der Waals surface area contributed by atoms with Crippen LogP contribution in [0.5, 0.6) is 0 Å². The number of rotatable bonds is 5. The molecular weight excluding hydrogens is 687 g/mol. The van der Waals surface area contributed by atoms with E-state index in [1.807, 2.05) is 24.3 Å². The van der Waals surface area contributed by atoms with Crippen molar-refractivity contribution < 1.29 is 0 Å². The summed E-state index contributed by atoms with van der Waals surface area (Å²) in [6, 6.07) is 57.3. The minimum atomic E-state index is 0.642. The molecule has 0 saturated heterocycles. The molecule has 0 aliphatic carbocycles. The van der Waals surface area contributed by atoms with Gasteiger partial charge in [0.05, 0.1) is 21.3 Å². The summed E-state index contributed by atoms with van der Waals surface area (Å²) in [7, 11) is 0. The van der Waals surface area contributed by atoms with E-state index in [0.717, 1.165) is 59.6 Å². The highest BCUT2D eigenvalue weighted by atomic mass is 32.1. The molecular formula is C46H27N5S2. The Balaban J connectivity index is 1.09. The molecule has 0 aliphatic heterocycles. The summed E-state index contributed by atoms with van der Waals surface area (Å²) in [5.41, 5.74) is 8.47. The molecule has 4 aromatic heterocycles. The first-order chi connectivity index (χ1) is 26.2. The molecule has 5 nitrogen and oxygen atoms in total. The summed E-state index contributed by atoms with van der Waals surface area (Å²) < 4.78 is 5.89. The van der Waals surface area contributed by atoms with Gasteiger partial charge in [0.2, 0.25) is 0 Å². The van der Waals surface area contributed by atoms with Gasteiger partial charge < -0.3 is 4.57 Å². The molecule has 11 rings (SSSR count). The van der Waals surface area contributed by atoms with Gasteiger partial charge in [-0.25, -0.2) is 19.9 Å². The van der Waals surface area contributed by atoms with Gasteiger partial charge in [0.25, 0.3) is 0 Å². The van der Waals surface area contributed by atoms with Crippen molar-refractivity contribution in [2.24, 2.45) is 0 Å². The van der Waals surface area contributed by atoms with Crippen molar-refractivity contribution >= 4 is 74.9 Å². The molecule has 4 heterocycles. The van der Waals surface area contributed by atoms with Gasteiger partial charge in [-0.1, -0.05) is 97.1 Å². The third kappa shape index (κ3) is 4.97. The van der Waals surface area contributed by atoms with Gasteiger partial charge in [0.15, 0.2) is 17.5 Å². The molecule has 0 unspecified atom stereocenters. The summed E-state index contributed by atoms with van der Waals surface area (Å²) in [4.78, 5) is 20.4. The van der Waals surface area contributed by atoms with Crippen LogP contribution in [0.15, 0.2) is 164 Å². The average molecular weight is 714 g/mol. The second-order valence-corrected chi connectivity index (χ2v) is 15.2. The van der Waals surface area contributed by atoms with Crippen LogP contribution in [-0.4, -0.2) is 24.5 Å². The Morgan fingerprint density at radius 1 is 0.396 bits per heavy atom. The van der Waals surface area contributed by atoms with Crippen molar-refractivity contribution in [1.82, 2.24) is 24.5 Å². The largest absolute Gasteiger partial charge is 0.309 e. The number of fused-ring (bicyclic) bond motifs is 7. The zero-order chi connectivity index (χ0) is 34.9. The lowest BCUT2D eigenvalue weighted by molar-refractivity contribution is 1.08. The molecule has 53 heavy (non-hydrogen) atoms. The fraction of sp³-hybridized carbons (Fsp3) is 0. The van der Waals surface area contributed by atoms with Crippen LogP contribution in [0.4, 0.5) is 0 Å². The molecule has 0 N–H and O–H groups in total. The number of thiophene rings is 1. The van der Waals surface area contributed by atoms with E-state index in [9.17, 15) is 0 Å². The van der Waals surface area contributed by atoms with Crippen LogP contribution in [0.2, 0.25) is 0 Å². The third-order valence-electron chi connectivity index (χ3n) is 9.89. The summed E-state index contributed by atoms with van der Waals surface area (Å²) in [6.45, 7) is 0. The fourth-order valence-electron chi connectivity index (χ4n) is 7.41. The zero-order valence-corrected chi connectivity index (χ0v) is 29.8. The number of hydrogen-bond donors (Lipinski definition) is 0. The first kappa shape index (κ1) is 30.1. The molecule has 0 atom stereocenters. The first-order valence-corrected chi connectivity index (χ1v) is 19.1. The summed E-state index contributed by atoms with van der Waals surface area (Å²) in [5.74, 6) is 1.95. The molecule has 0 spiro atoms. The number of para-hydroxylation sites is 3. The molecule has 0 saturated carbocycles. The Hall–Kier alpha value is -6.54. The van der Waals surface area contributed by atoms with Gasteiger partial charge in [-0.2, -0.15) is 0 Å². The lowest BCUT2D eigenvalue weighted by Crippen LogP contribution is -2.00. The van der Waals surface area contributed by atoms with E-state index < -0.39 is 0 Å². The van der Waals surface area contributed by atoms with Gasteiger partial charge in [-0.15, -0.1) is 22.7 Å². The highest BCUT2D eigenvalue weighted by Crippen LogP contribution is 2.42. The van der Waals surface area contributed by atoms with Crippen LogP contribution < -0.4 is 0 Å². The van der Waals surface area contributed by atoms with E-state index in [4.69, 9.17) is 19.9 Å². The molecule has 0 fully saturated rings. The SMILES string of the molecule is c1ccc(-c2nc(-c3ccc4c(c3)c3ccccc3n4-c3ccccc3)nc(-c3cccc4c3sc3ccc(-c5nc6ccccc6s5)cc34)n2)cc1. The summed E-state index contributed by atoms with van der Waals surface area (Å²) in [6.07, 6.45) is 0. The predicted molar refractivity (Wildman–Crippen MR) is 222 cm³/mol. The Morgan fingerprint density at radius 3 is 1.94 bits per heavy atom. The molecule has 248 valence electrons. The number of aromatic nitrogens is 5. The van der Waals surface area contributed by atoms with E-state index in [0.29, 0.717) is 17.5 Å². The molecule has 0 radical (unpaired) electrons. The molecule has 7 aromatic carbocycles. The summed E-state index contributed by atoms with van der Waals surface area (Å²) in [5, 5.41) is 5.76. The summed E-state index contributed by atoms with van der Waals surface area (Å²) >= 11 is 3.51. The van der Waals surface area contributed by atoms with Crippen LogP contribution >= 0.6 is 22.7 Å². The Morgan fingerprint density at radius 2 is 1.08 bits per heavy atom. The van der Waals surface area contributed by atoms with Crippen molar-refractivity contribution in [1.29, 1.82) is 0 Å². The van der Waals surface area contributed by atoms with Crippen molar-refractivity contribution in [3.63, 3.8) is 0 Å². The molecule has 0 bridgehead atoms.